The average Bonchev–Trinajstić information content (AvgIpc) is 2.76. The Hall–Kier alpha value is -2.87. The summed E-state index contributed by atoms with van der Waals surface area (Å²) in [5.41, 5.74) is 1.50. The number of sulfonamides is 1. The van der Waals surface area contributed by atoms with E-state index in [9.17, 15) is 18.0 Å². The van der Waals surface area contributed by atoms with Crippen molar-refractivity contribution in [3.63, 3.8) is 0 Å². The molecule has 1 heterocycles. The molecule has 0 aliphatic carbocycles. The maximum Gasteiger partial charge on any atom is 0.308 e. The van der Waals surface area contributed by atoms with Crippen molar-refractivity contribution in [2.45, 2.75) is 19.4 Å². The van der Waals surface area contributed by atoms with Gasteiger partial charge in [0, 0.05) is 13.1 Å². The number of likely N-dealkylation sites (tertiary alicyclic amines) is 1. The lowest BCUT2D eigenvalue weighted by Gasteiger charge is -2.32. The second-order valence-corrected chi connectivity index (χ2v) is 9.27. The molecule has 0 bridgehead atoms. The lowest BCUT2D eigenvalue weighted by Crippen LogP contribution is -2.41. The van der Waals surface area contributed by atoms with Gasteiger partial charge in [0.25, 0.3) is 5.91 Å². The molecule has 1 fully saturated rings. The summed E-state index contributed by atoms with van der Waals surface area (Å²) in [6.07, 6.45) is 2.19. The van der Waals surface area contributed by atoms with E-state index in [0.717, 1.165) is 11.8 Å². The summed E-state index contributed by atoms with van der Waals surface area (Å²) in [5.74, 6) is -0.705. The van der Waals surface area contributed by atoms with Gasteiger partial charge in [0.15, 0.2) is 0 Å². The van der Waals surface area contributed by atoms with E-state index in [1.807, 2.05) is 30.3 Å². The number of hydrogen-bond donors (Lipinski definition) is 0. The second-order valence-electron chi connectivity index (χ2n) is 7.36. The van der Waals surface area contributed by atoms with Crippen LogP contribution in [0.3, 0.4) is 0 Å². The van der Waals surface area contributed by atoms with Gasteiger partial charge in [0.05, 0.1) is 37.1 Å². The highest BCUT2D eigenvalue weighted by molar-refractivity contribution is 7.92. The molecule has 1 saturated heterocycles. The van der Waals surface area contributed by atoms with Crippen LogP contribution >= 0.6 is 0 Å². The molecule has 1 aliphatic rings. The van der Waals surface area contributed by atoms with E-state index < -0.39 is 10.0 Å². The molecule has 0 aromatic heterocycles. The van der Waals surface area contributed by atoms with Gasteiger partial charge in [-0.15, -0.1) is 0 Å². The predicted octanol–water partition coefficient (Wildman–Crippen LogP) is 2.68. The van der Waals surface area contributed by atoms with E-state index in [4.69, 9.17) is 4.74 Å². The molecular formula is C22H26N2O5S. The topological polar surface area (TPSA) is 84.0 Å². The molecule has 3 rings (SSSR count). The summed E-state index contributed by atoms with van der Waals surface area (Å²) in [4.78, 5) is 26.6. The van der Waals surface area contributed by atoms with Crippen molar-refractivity contribution in [1.29, 1.82) is 0 Å². The number of carbonyl (C=O) groups excluding carboxylic acids is 2. The normalized spacial score (nSPS) is 14.9. The van der Waals surface area contributed by atoms with Crippen LogP contribution in [0.25, 0.3) is 0 Å². The van der Waals surface area contributed by atoms with Crippen LogP contribution in [0.1, 0.15) is 28.8 Å². The Labute approximate surface area is 177 Å². The van der Waals surface area contributed by atoms with Gasteiger partial charge in [-0.25, -0.2) is 8.42 Å². The fourth-order valence-electron chi connectivity index (χ4n) is 3.66. The highest BCUT2D eigenvalue weighted by Gasteiger charge is 2.31. The third kappa shape index (κ3) is 4.99. The van der Waals surface area contributed by atoms with Crippen molar-refractivity contribution in [1.82, 2.24) is 4.90 Å². The highest BCUT2D eigenvalue weighted by Crippen LogP contribution is 2.28. The zero-order chi connectivity index (χ0) is 21.7. The zero-order valence-corrected chi connectivity index (χ0v) is 18.0. The monoisotopic (exact) mass is 430 g/mol. The number of hydrogen-bond acceptors (Lipinski definition) is 5. The van der Waals surface area contributed by atoms with E-state index >= 15 is 0 Å². The average molecular weight is 431 g/mol. The largest absolute Gasteiger partial charge is 0.469 e. The van der Waals surface area contributed by atoms with Gasteiger partial charge < -0.3 is 9.64 Å². The summed E-state index contributed by atoms with van der Waals surface area (Å²) < 4.78 is 31.2. The molecule has 1 amide bonds. The maximum atomic E-state index is 13.2. The summed E-state index contributed by atoms with van der Waals surface area (Å²) >= 11 is 0. The van der Waals surface area contributed by atoms with Crippen LogP contribution in [0.5, 0.6) is 0 Å². The Morgan fingerprint density at radius 1 is 1.03 bits per heavy atom. The van der Waals surface area contributed by atoms with E-state index in [2.05, 4.69) is 0 Å². The third-order valence-electron chi connectivity index (χ3n) is 5.29. The molecule has 2 aromatic rings. The number of anilines is 1. The standard InChI is InChI=1S/C22H26N2O5S/c1-29-22(26)18-12-14-23(15-13-18)21(25)19-10-6-7-11-20(19)24(30(2,27)28)16-17-8-4-3-5-9-17/h3-11,18H,12-16H2,1-2H3. The molecule has 0 N–H and O–H groups in total. The lowest BCUT2D eigenvalue weighted by atomic mass is 9.96. The van der Waals surface area contributed by atoms with Crippen LogP contribution in [0.2, 0.25) is 0 Å². The number of amides is 1. The number of benzene rings is 2. The SMILES string of the molecule is COC(=O)C1CCN(C(=O)c2ccccc2N(Cc2ccccc2)S(C)(=O)=O)CC1. The second kappa shape index (κ2) is 9.30. The van der Waals surface area contributed by atoms with Crippen LogP contribution < -0.4 is 4.31 Å². The van der Waals surface area contributed by atoms with Crippen LogP contribution in [0.4, 0.5) is 5.69 Å². The zero-order valence-electron chi connectivity index (χ0n) is 17.2. The van der Waals surface area contributed by atoms with Crippen molar-refractivity contribution in [3.8, 4) is 0 Å². The Morgan fingerprint density at radius 2 is 1.63 bits per heavy atom. The van der Waals surface area contributed by atoms with Crippen molar-refractivity contribution < 1.29 is 22.7 Å². The number of carbonyl (C=O) groups is 2. The molecular weight excluding hydrogens is 404 g/mol. The number of rotatable bonds is 6. The first kappa shape index (κ1) is 21.8. The van der Waals surface area contributed by atoms with Crippen molar-refractivity contribution >= 4 is 27.6 Å². The molecule has 0 unspecified atom stereocenters. The van der Waals surface area contributed by atoms with E-state index in [-0.39, 0.29) is 24.3 Å². The van der Waals surface area contributed by atoms with Gasteiger partial charge in [0.2, 0.25) is 10.0 Å². The van der Waals surface area contributed by atoms with Gasteiger partial charge in [-0.05, 0) is 30.5 Å². The van der Waals surface area contributed by atoms with Gasteiger partial charge in [-0.3, -0.25) is 13.9 Å². The summed E-state index contributed by atoms with van der Waals surface area (Å²) in [6, 6.07) is 16.0. The van der Waals surface area contributed by atoms with Crippen LogP contribution in [0, 0.1) is 5.92 Å². The van der Waals surface area contributed by atoms with Crippen molar-refractivity contribution in [2.75, 3.05) is 30.8 Å². The molecule has 0 spiro atoms. The quantitative estimate of drug-likeness (QED) is 0.658. The molecule has 30 heavy (non-hydrogen) atoms. The molecule has 0 saturated carbocycles. The maximum absolute atomic E-state index is 13.2. The van der Waals surface area contributed by atoms with E-state index in [1.165, 1.54) is 11.4 Å². The van der Waals surface area contributed by atoms with Crippen molar-refractivity contribution in [3.05, 3.63) is 65.7 Å². The third-order valence-corrected chi connectivity index (χ3v) is 6.42. The first-order chi connectivity index (χ1) is 14.3. The fraction of sp³-hybridized carbons (Fsp3) is 0.364. The Bertz CT molecular complexity index is 999. The van der Waals surface area contributed by atoms with Gasteiger partial charge in [-0.2, -0.15) is 0 Å². The Morgan fingerprint density at radius 3 is 2.23 bits per heavy atom. The minimum Gasteiger partial charge on any atom is -0.469 e. The molecule has 2 aromatic carbocycles. The fourth-order valence-corrected chi connectivity index (χ4v) is 4.56. The van der Waals surface area contributed by atoms with Gasteiger partial charge in [0.1, 0.15) is 0 Å². The molecule has 8 heteroatoms. The first-order valence-corrected chi connectivity index (χ1v) is 11.6. The number of piperidine rings is 1. The van der Waals surface area contributed by atoms with Crippen LogP contribution in [0.15, 0.2) is 54.6 Å². The van der Waals surface area contributed by atoms with Crippen LogP contribution in [-0.4, -0.2) is 51.6 Å². The molecule has 1 aliphatic heterocycles. The number of nitrogens with zero attached hydrogens (tertiary/aromatic N) is 2. The lowest BCUT2D eigenvalue weighted by molar-refractivity contribution is -0.146. The molecule has 0 radical (unpaired) electrons. The highest BCUT2D eigenvalue weighted by atomic mass is 32.2. The number of para-hydroxylation sites is 1. The minimum atomic E-state index is -3.62. The first-order valence-electron chi connectivity index (χ1n) is 9.79. The van der Waals surface area contributed by atoms with Crippen molar-refractivity contribution in [2.24, 2.45) is 5.92 Å². The molecule has 0 atom stereocenters. The van der Waals surface area contributed by atoms with Gasteiger partial charge >= 0.3 is 5.97 Å². The molecule has 160 valence electrons. The minimum absolute atomic E-state index is 0.133. The molecule has 7 nitrogen and oxygen atoms in total. The number of esters is 1. The smallest absolute Gasteiger partial charge is 0.308 e. The number of methoxy groups -OCH3 is 1. The van der Waals surface area contributed by atoms with Gasteiger partial charge in [-0.1, -0.05) is 42.5 Å². The van der Waals surface area contributed by atoms with Crippen LogP contribution in [-0.2, 0) is 26.1 Å². The Kier molecular flexibility index (Phi) is 6.77. The van der Waals surface area contributed by atoms with E-state index in [1.54, 1.807) is 29.2 Å². The summed E-state index contributed by atoms with van der Waals surface area (Å²) in [6.45, 7) is 0.976. The number of ether oxygens (including phenoxy) is 1. The van der Waals surface area contributed by atoms with E-state index in [0.29, 0.717) is 37.2 Å². The summed E-state index contributed by atoms with van der Waals surface area (Å²) in [7, 11) is -2.26. The predicted molar refractivity (Wildman–Crippen MR) is 115 cm³/mol. The summed E-state index contributed by atoms with van der Waals surface area (Å²) in [5, 5.41) is 0. The Balaban J connectivity index is 1.87.